The van der Waals surface area contributed by atoms with E-state index in [1.54, 1.807) is 0 Å². The summed E-state index contributed by atoms with van der Waals surface area (Å²) >= 11 is 1.44. The van der Waals surface area contributed by atoms with Crippen molar-refractivity contribution in [3.63, 3.8) is 0 Å². The molecule has 0 bridgehead atoms. The molecular weight excluding hydrogens is 366 g/mol. The topological polar surface area (TPSA) is 38.3 Å². The third kappa shape index (κ3) is 4.82. The van der Waals surface area contributed by atoms with E-state index in [9.17, 15) is 4.79 Å². The van der Waals surface area contributed by atoms with Crippen LogP contribution in [0, 0.1) is 20.8 Å². The largest absolute Gasteiger partial charge is 0.489 e. The highest BCUT2D eigenvalue weighted by Gasteiger charge is 2.11. The number of amides is 1. The summed E-state index contributed by atoms with van der Waals surface area (Å²) in [6, 6.07) is 14.1. The highest BCUT2D eigenvalue weighted by atomic mass is 32.1. The fraction of sp³-hybridized carbons (Fsp3) is 0.292. The fourth-order valence-corrected chi connectivity index (χ4v) is 3.82. The SMILES string of the molecule is Cc1cc(C)c(C)c(OCc2csc(C(=O)Nc3ccc(C(C)C)cc3)c2)c1. The summed E-state index contributed by atoms with van der Waals surface area (Å²) in [7, 11) is 0. The van der Waals surface area contributed by atoms with E-state index in [0.29, 0.717) is 17.4 Å². The van der Waals surface area contributed by atoms with E-state index in [0.717, 1.165) is 22.6 Å². The Morgan fingerprint density at radius 1 is 1.07 bits per heavy atom. The Labute approximate surface area is 171 Å². The van der Waals surface area contributed by atoms with Crippen molar-refractivity contribution in [3.05, 3.63) is 80.5 Å². The zero-order chi connectivity index (χ0) is 20.3. The molecule has 0 fully saturated rings. The van der Waals surface area contributed by atoms with E-state index < -0.39 is 0 Å². The molecule has 2 aromatic carbocycles. The minimum atomic E-state index is -0.0869. The van der Waals surface area contributed by atoms with Gasteiger partial charge >= 0.3 is 0 Å². The van der Waals surface area contributed by atoms with Crippen molar-refractivity contribution in [1.29, 1.82) is 0 Å². The van der Waals surface area contributed by atoms with E-state index in [1.165, 1.54) is 28.0 Å². The number of hydrogen-bond donors (Lipinski definition) is 1. The Kier molecular flexibility index (Phi) is 6.20. The lowest BCUT2D eigenvalue weighted by Crippen LogP contribution is -2.10. The molecule has 1 N–H and O–H groups in total. The lowest BCUT2D eigenvalue weighted by Gasteiger charge is -2.11. The first-order valence-electron chi connectivity index (χ1n) is 9.53. The van der Waals surface area contributed by atoms with Gasteiger partial charge in [0, 0.05) is 11.3 Å². The number of rotatable bonds is 6. The Bertz CT molecular complexity index is 971. The van der Waals surface area contributed by atoms with Crippen LogP contribution in [0.25, 0.3) is 0 Å². The lowest BCUT2D eigenvalue weighted by molar-refractivity contribution is 0.103. The maximum atomic E-state index is 12.5. The summed E-state index contributed by atoms with van der Waals surface area (Å²) in [5.41, 5.74) is 6.64. The van der Waals surface area contributed by atoms with Crippen LogP contribution in [0.3, 0.4) is 0 Å². The van der Waals surface area contributed by atoms with Gasteiger partial charge in [0.15, 0.2) is 0 Å². The summed E-state index contributed by atoms with van der Waals surface area (Å²) < 4.78 is 6.01. The Balaban J connectivity index is 1.62. The van der Waals surface area contributed by atoms with Crippen LogP contribution in [0.5, 0.6) is 5.75 Å². The van der Waals surface area contributed by atoms with Crippen LogP contribution in [0.15, 0.2) is 47.8 Å². The van der Waals surface area contributed by atoms with Crippen LogP contribution in [0.4, 0.5) is 5.69 Å². The highest BCUT2D eigenvalue weighted by Crippen LogP contribution is 2.25. The third-order valence-corrected chi connectivity index (χ3v) is 5.85. The molecule has 28 heavy (non-hydrogen) atoms. The van der Waals surface area contributed by atoms with Crippen molar-refractivity contribution in [2.75, 3.05) is 5.32 Å². The quantitative estimate of drug-likeness (QED) is 0.510. The van der Waals surface area contributed by atoms with Crippen molar-refractivity contribution in [2.24, 2.45) is 0 Å². The molecule has 0 radical (unpaired) electrons. The maximum Gasteiger partial charge on any atom is 0.265 e. The van der Waals surface area contributed by atoms with Gasteiger partial charge < -0.3 is 10.1 Å². The van der Waals surface area contributed by atoms with E-state index >= 15 is 0 Å². The van der Waals surface area contributed by atoms with Crippen LogP contribution >= 0.6 is 11.3 Å². The van der Waals surface area contributed by atoms with Gasteiger partial charge in [-0.15, -0.1) is 11.3 Å². The Hall–Kier alpha value is -2.59. The summed E-state index contributed by atoms with van der Waals surface area (Å²) in [5, 5.41) is 4.95. The molecule has 3 nitrogen and oxygen atoms in total. The molecule has 0 aliphatic carbocycles. The molecule has 0 atom stereocenters. The Morgan fingerprint density at radius 2 is 1.79 bits per heavy atom. The van der Waals surface area contributed by atoms with Gasteiger partial charge in [0.1, 0.15) is 12.4 Å². The predicted octanol–water partition coefficient (Wildman–Crippen LogP) is 6.63. The van der Waals surface area contributed by atoms with Gasteiger partial charge in [0.25, 0.3) is 5.91 Å². The normalized spacial score (nSPS) is 10.9. The van der Waals surface area contributed by atoms with Gasteiger partial charge in [-0.1, -0.05) is 32.0 Å². The average molecular weight is 394 g/mol. The summed E-state index contributed by atoms with van der Waals surface area (Å²) in [6.07, 6.45) is 0. The molecule has 0 saturated heterocycles. The van der Waals surface area contributed by atoms with Crippen LogP contribution in [-0.4, -0.2) is 5.91 Å². The molecule has 1 amide bonds. The molecular formula is C24H27NO2S. The first-order valence-corrected chi connectivity index (χ1v) is 10.4. The molecule has 3 aromatic rings. The van der Waals surface area contributed by atoms with Gasteiger partial charge in [0.05, 0.1) is 4.88 Å². The highest BCUT2D eigenvalue weighted by molar-refractivity contribution is 7.12. The smallest absolute Gasteiger partial charge is 0.265 e. The van der Waals surface area contributed by atoms with Crippen molar-refractivity contribution >= 4 is 22.9 Å². The number of hydrogen-bond acceptors (Lipinski definition) is 3. The zero-order valence-corrected chi connectivity index (χ0v) is 17.9. The van der Waals surface area contributed by atoms with Gasteiger partial charge in [-0.3, -0.25) is 4.79 Å². The molecule has 3 rings (SSSR count). The van der Waals surface area contributed by atoms with Crippen LogP contribution in [-0.2, 0) is 6.61 Å². The number of carbonyl (C=O) groups is 1. The minimum absolute atomic E-state index is 0.0869. The molecule has 1 heterocycles. The summed E-state index contributed by atoms with van der Waals surface area (Å²) in [4.78, 5) is 13.2. The molecule has 146 valence electrons. The Morgan fingerprint density at radius 3 is 2.46 bits per heavy atom. The second kappa shape index (κ2) is 8.61. The zero-order valence-electron chi connectivity index (χ0n) is 17.1. The number of benzene rings is 2. The van der Waals surface area contributed by atoms with Crippen LogP contribution < -0.4 is 10.1 Å². The molecule has 0 spiro atoms. The van der Waals surface area contributed by atoms with Crippen LogP contribution in [0.2, 0.25) is 0 Å². The second-order valence-corrected chi connectivity index (χ2v) is 8.45. The molecule has 0 unspecified atom stereocenters. The third-order valence-electron chi connectivity index (χ3n) is 4.87. The van der Waals surface area contributed by atoms with Crippen molar-refractivity contribution < 1.29 is 9.53 Å². The summed E-state index contributed by atoms with van der Waals surface area (Å²) in [5.74, 6) is 1.29. The van der Waals surface area contributed by atoms with Crippen molar-refractivity contribution in [2.45, 2.75) is 47.1 Å². The minimum Gasteiger partial charge on any atom is -0.489 e. The monoisotopic (exact) mass is 393 g/mol. The lowest BCUT2D eigenvalue weighted by atomic mass is 10.0. The number of thiophene rings is 1. The number of aryl methyl sites for hydroxylation is 2. The number of nitrogens with one attached hydrogen (secondary N) is 1. The van der Waals surface area contributed by atoms with Gasteiger partial charge in [-0.25, -0.2) is 0 Å². The van der Waals surface area contributed by atoms with Gasteiger partial charge in [-0.2, -0.15) is 0 Å². The molecule has 0 saturated carbocycles. The summed E-state index contributed by atoms with van der Waals surface area (Å²) in [6.45, 7) is 11.0. The first-order chi connectivity index (χ1) is 13.3. The van der Waals surface area contributed by atoms with E-state index in [-0.39, 0.29) is 5.91 Å². The molecule has 0 aliphatic heterocycles. The van der Waals surface area contributed by atoms with E-state index in [1.807, 2.05) is 23.6 Å². The molecule has 0 aliphatic rings. The average Bonchev–Trinajstić information content (AvgIpc) is 3.13. The number of carbonyl (C=O) groups excluding carboxylic acids is 1. The van der Waals surface area contributed by atoms with Gasteiger partial charge in [0.2, 0.25) is 0 Å². The molecule has 1 aromatic heterocycles. The van der Waals surface area contributed by atoms with E-state index in [2.05, 4.69) is 64.2 Å². The van der Waals surface area contributed by atoms with Crippen molar-refractivity contribution in [1.82, 2.24) is 0 Å². The fourth-order valence-electron chi connectivity index (χ4n) is 3.03. The first kappa shape index (κ1) is 20.2. The van der Waals surface area contributed by atoms with Crippen molar-refractivity contribution in [3.8, 4) is 5.75 Å². The van der Waals surface area contributed by atoms with Crippen LogP contribution in [0.1, 0.15) is 57.3 Å². The van der Waals surface area contributed by atoms with Gasteiger partial charge in [-0.05, 0) is 78.6 Å². The predicted molar refractivity (Wildman–Crippen MR) is 118 cm³/mol. The number of anilines is 1. The number of ether oxygens (including phenoxy) is 1. The second-order valence-electron chi connectivity index (χ2n) is 7.54. The van der Waals surface area contributed by atoms with E-state index in [4.69, 9.17) is 4.74 Å². The maximum absolute atomic E-state index is 12.5. The standard InChI is InChI=1S/C24H27NO2S/c1-15(2)20-6-8-21(9-7-20)25-24(26)23-12-19(14-28-23)13-27-22-11-16(3)10-17(4)18(22)5/h6-12,14-15H,13H2,1-5H3,(H,25,26). The molecule has 4 heteroatoms.